The molecule has 7 heteroatoms. The molecular formula is C18H14FN2O4-. The molecule has 3 rings (SSSR count). The van der Waals surface area contributed by atoms with Crippen molar-refractivity contribution in [3.8, 4) is 0 Å². The first-order valence-corrected chi connectivity index (χ1v) is 7.62. The SMILES string of the molecule is O=C([O-])Cc1ccc(N[C@H]2CC(=O)N(c3ccccc3F)C2=O)cc1. The molecule has 2 aromatic carbocycles. The molecule has 0 unspecified atom stereocenters. The average Bonchev–Trinajstić information content (AvgIpc) is 2.83. The Balaban J connectivity index is 1.74. The van der Waals surface area contributed by atoms with E-state index in [0.717, 1.165) is 4.90 Å². The molecule has 1 heterocycles. The van der Waals surface area contributed by atoms with Crippen molar-refractivity contribution in [2.75, 3.05) is 10.2 Å². The summed E-state index contributed by atoms with van der Waals surface area (Å²) in [5, 5.41) is 13.5. The van der Waals surface area contributed by atoms with Crippen LogP contribution in [-0.4, -0.2) is 23.8 Å². The Morgan fingerprint density at radius 3 is 2.48 bits per heavy atom. The van der Waals surface area contributed by atoms with E-state index in [2.05, 4.69) is 5.32 Å². The fourth-order valence-corrected chi connectivity index (χ4v) is 2.72. The minimum absolute atomic E-state index is 0.0638. The summed E-state index contributed by atoms with van der Waals surface area (Å²) >= 11 is 0. The number of para-hydroxylation sites is 1. The molecule has 0 aromatic heterocycles. The van der Waals surface area contributed by atoms with Gasteiger partial charge in [-0.05, 0) is 29.8 Å². The Bertz CT molecular complexity index is 835. The van der Waals surface area contributed by atoms with E-state index < -0.39 is 29.6 Å². The summed E-state index contributed by atoms with van der Waals surface area (Å²) in [5.74, 6) is -2.84. The quantitative estimate of drug-likeness (QED) is 0.815. The third kappa shape index (κ3) is 3.50. The highest BCUT2D eigenvalue weighted by Crippen LogP contribution is 2.27. The van der Waals surface area contributed by atoms with Gasteiger partial charge in [0.1, 0.15) is 11.9 Å². The second kappa shape index (κ2) is 6.72. The van der Waals surface area contributed by atoms with E-state index in [9.17, 15) is 23.9 Å². The lowest BCUT2D eigenvalue weighted by atomic mass is 10.1. The molecule has 1 aliphatic heterocycles. The largest absolute Gasteiger partial charge is 0.550 e. The van der Waals surface area contributed by atoms with Gasteiger partial charge in [0, 0.05) is 18.1 Å². The molecule has 1 fully saturated rings. The summed E-state index contributed by atoms with van der Waals surface area (Å²) in [7, 11) is 0. The van der Waals surface area contributed by atoms with Crippen LogP contribution in [0.25, 0.3) is 0 Å². The minimum Gasteiger partial charge on any atom is -0.550 e. The third-order valence-corrected chi connectivity index (χ3v) is 3.88. The van der Waals surface area contributed by atoms with Crippen molar-refractivity contribution in [2.45, 2.75) is 18.9 Å². The maximum absolute atomic E-state index is 13.9. The zero-order valence-electron chi connectivity index (χ0n) is 13.1. The summed E-state index contributed by atoms with van der Waals surface area (Å²) < 4.78 is 13.9. The van der Waals surface area contributed by atoms with Gasteiger partial charge in [0.2, 0.25) is 5.91 Å². The van der Waals surface area contributed by atoms with Crippen LogP contribution in [0.5, 0.6) is 0 Å². The van der Waals surface area contributed by atoms with Gasteiger partial charge in [-0.15, -0.1) is 0 Å². The number of nitrogens with one attached hydrogen (secondary N) is 1. The number of carboxylic acid groups (broad SMARTS) is 1. The predicted octanol–water partition coefficient (Wildman–Crippen LogP) is 0.862. The minimum atomic E-state index is -1.18. The highest BCUT2D eigenvalue weighted by atomic mass is 19.1. The van der Waals surface area contributed by atoms with Crippen LogP contribution in [0.3, 0.4) is 0 Å². The number of halogens is 1. The van der Waals surface area contributed by atoms with Crippen LogP contribution < -0.4 is 15.3 Å². The van der Waals surface area contributed by atoms with E-state index in [-0.39, 0.29) is 18.5 Å². The Morgan fingerprint density at radius 1 is 1.16 bits per heavy atom. The molecule has 1 atom stereocenters. The number of hydrogen-bond acceptors (Lipinski definition) is 5. The van der Waals surface area contributed by atoms with Crippen molar-refractivity contribution >= 4 is 29.2 Å². The summed E-state index contributed by atoms with van der Waals surface area (Å²) in [6.45, 7) is 0. The van der Waals surface area contributed by atoms with Crippen molar-refractivity contribution < 1.29 is 23.9 Å². The summed E-state index contributed by atoms with van der Waals surface area (Å²) in [4.78, 5) is 36.0. The molecule has 1 N–H and O–H groups in total. The van der Waals surface area contributed by atoms with E-state index in [1.165, 1.54) is 18.2 Å². The third-order valence-electron chi connectivity index (χ3n) is 3.88. The zero-order chi connectivity index (χ0) is 18.0. The van der Waals surface area contributed by atoms with E-state index in [1.54, 1.807) is 30.3 Å². The standard InChI is InChI=1S/C18H15FN2O4/c19-13-3-1-2-4-15(13)21-16(22)10-14(18(21)25)20-12-7-5-11(6-8-12)9-17(23)24/h1-8,14,20H,9-10H2,(H,23,24)/p-1/t14-/m0/s1. The van der Waals surface area contributed by atoms with Gasteiger partial charge in [-0.1, -0.05) is 24.3 Å². The first-order valence-electron chi connectivity index (χ1n) is 7.62. The summed E-state index contributed by atoms with van der Waals surface area (Å²) in [5.41, 5.74) is 1.06. The number of imide groups is 1. The Labute approximate surface area is 142 Å². The zero-order valence-corrected chi connectivity index (χ0v) is 13.1. The molecule has 0 bridgehead atoms. The van der Waals surface area contributed by atoms with Crippen molar-refractivity contribution in [2.24, 2.45) is 0 Å². The van der Waals surface area contributed by atoms with Crippen LogP contribution in [0, 0.1) is 5.82 Å². The Kier molecular flexibility index (Phi) is 4.47. The van der Waals surface area contributed by atoms with Gasteiger partial charge < -0.3 is 15.2 Å². The topological polar surface area (TPSA) is 89.5 Å². The second-order valence-corrected chi connectivity index (χ2v) is 5.67. The van der Waals surface area contributed by atoms with Crippen molar-refractivity contribution in [1.82, 2.24) is 0 Å². The lowest BCUT2D eigenvalue weighted by molar-refractivity contribution is -0.304. The van der Waals surface area contributed by atoms with Crippen LogP contribution >= 0.6 is 0 Å². The molecule has 6 nitrogen and oxygen atoms in total. The van der Waals surface area contributed by atoms with Gasteiger partial charge in [-0.2, -0.15) is 0 Å². The maximum atomic E-state index is 13.9. The molecule has 1 saturated heterocycles. The van der Waals surface area contributed by atoms with E-state index in [1.807, 2.05) is 0 Å². The molecule has 0 radical (unpaired) electrons. The molecule has 128 valence electrons. The highest BCUT2D eigenvalue weighted by molar-refractivity contribution is 6.23. The van der Waals surface area contributed by atoms with Gasteiger partial charge in [0.05, 0.1) is 12.1 Å². The number of benzene rings is 2. The van der Waals surface area contributed by atoms with Crippen molar-refractivity contribution in [1.29, 1.82) is 0 Å². The van der Waals surface area contributed by atoms with E-state index >= 15 is 0 Å². The van der Waals surface area contributed by atoms with Crippen LogP contribution in [0.15, 0.2) is 48.5 Å². The average molecular weight is 341 g/mol. The molecular weight excluding hydrogens is 327 g/mol. The predicted molar refractivity (Wildman–Crippen MR) is 86.1 cm³/mol. The van der Waals surface area contributed by atoms with Crippen LogP contribution in [0.4, 0.5) is 15.8 Å². The number of amides is 2. The normalized spacial score (nSPS) is 17.0. The number of carboxylic acids is 1. The second-order valence-electron chi connectivity index (χ2n) is 5.67. The molecule has 0 spiro atoms. The lowest BCUT2D eigenvalue weighted by Gasteiger charge is -2.16. The van der Waals surface area contributed by atoms with Crippen LogP contribution in [-0.2, 0) is 20.8 Å². The van der Waals surface area contributed by atoms with E-state index in [0.29, 0.717) is 11.3 Å². The summed E-state index contributed by atoms with van der Waals surface area (Å²) in [6.07, 6.45) is -0.295. The van der Waals surface area contributed by atoms with Crippen LogP contribution in [0.2, 0.25) is 0 Å². The Hall–Kier alpha value is -3.22. The summed E-state index contributed by atoms with van der Waals surface area (Å²) in [6, 6.07) is 11.2. The number of carbonyl (C=O) groups is 3. The van der Waals surface area contributed by atoms with Gasteiger partial charge in [-0.25, -0.2) is 9.29 Å². The number of hydrogen-bond donors (Lipinski definition) is 1. The highest BCUT2D eigenvalue weighted by Gasteiger charge is 2.40. The number of carbonyl (C=O) groups excluding carboxylic acids is 3. The smallest absolute Gasteiger partial charge is 0.256 e. The first-order chi connectivity index (χ1) is 12.0. The van der Waals surface area contributed by atoms with Gasteiger partial charge in [0.25, 0.3) is 5.91 Å². The fourth-order valence-electron chi connectivity index (χ4n) is 2.72. The fraction of sp³-hybridized carbons (Fsp3) is 0.167. The van der Waals surface area contributed by atoms with Crippen LogP contribution in [0.1, 0.15) is 12.0 Å². The van der Waals surface area contributed by atoms with Crippen molar-refractivity contribution in [3.63, 3.8) is 0 Å². The lowest BCUT2D eigenvalue weighted by Crippen LogP contribution is -2.35. The van der Waals surface area contributed by atoms with Gasteiger partial charge >= 0.3 is 0 Å². The molecule has 1 aliphatic rings. The molecule has 2 amide bonds. The van der Waals surface area contributed by atoms with Gasteiger partial charge in [0.15, 0.2) is 0 Å². The molecule has 0 aliphatic carbocycles. The van der Waals surface area contributed by atoms with Crippen molar-refractivity contribution in [3.05, 3.63) is 59.9 Å². The number of nitrogens with zero attached hydrogens (tertiary/aromatic N) is 1. The number of aliphatic carboxylic acids is 1. The molecule has 0 saturated carbocycles. The molecule has 25 heavy (non-hydrogen) atoms. The number of rotatable bonds is 5. The van der Waals surface area contributed by atoms with Gasteiger partial charge in [-0.3, -0.25) is 9.59 Å². The Morgan fingerprint density at radius 2 is 1.84 bits per heavy atom. The molecule has 2 aromatic rings. The number of anilines is 2. The maximum Gasteiger partial charge on any atom is 0.256 e. The monoisotopic (exact) mass is 341 g/mol. The van der Waals surface area contributed by atoms with E-state index in [4.69, 9.17) is 0 Å². The first kappa shape index (κ1) is 16.6.